The third-order valence-electron chi connectivity index (χ3n) is 2.07. The molecule has 0 saturated carbocycles. The third kappa shape index (κ3) is 4.08. The van der Waals surface area contributed by atoms with Gasteiger partial charge in [0.25, 0.3) is 0 Å². The minimum atomic E-state index is -0.512. The summed E-state index contributed by atoms with van der Waals surface area (Å²) in [7, 11) is 0. The maximum absolute atomic E-state index is 11.2. The predicted molar refractivity (Wildman–Crippen MR) is 54.4 cm³/mol. The average molecular weight is 195 g/mol. The lowest BCUT2D eigenvalue weighted by Crippen LogP contribution is -2.08. The van der Waals surface area contributed by atoms with Crippen LogP contribution in [0.15, 0.2) is 11.6 Å². The van der Waals surface area contributed by atoms with E-state index in [1.807, 2.05) is 19.9 Å². The van der Waals surface area contributed by atoms with Gasteiger partial charge in [-0.3, -0.25) is 0 Å². The standard InChI is InChI=1S/C11H17NO2/c1-4-9(5-2)7-10(8-12)11(13)14-6-3/h7,9H,4-6H2,1-3H3/b10-7-. The van der Waals surface area contributed by atoms with Gasteiger partial charge in [-0.05, 0) is 25.7 Å². The molecule has 0 rings (SSSR count). The Morgan fingerprint density at radius 3 is 2.36 bits per heavy atom. The van der Waals surface area contributed by atoms with Crippen molar-refractivity contribution in [2.24, 2.45) is 5.92 Å². The van der Waals surface area contributed by atoms with Crippen molar-refractivity contribution in [2.45, 2.75) is 33.6 Å². The Morgan fingerprint density at radius 1 is 1.43 bits per heavy atom. The van der Waals surface area contributed by atoms with Crippen LogP contribution in [0.1, 0.15) is 33.6 Å². The average Bonchev–Trinajstić information content (AvgIpc) is 2.20. The van der Waals surface area contributed by atoms with E-state index in [1.54, 1.807) is 13.0 Å². The number of hydrogen-bond donors (Lipinski definition) is 0. The van der Waals surface area contributed by atoms with Crippen LogP contribution >= 0.6 is 0 Å². The first-order chi connectivity index (χ1) is 6.69. The number of nitrogens with zero attached hydrogens (tertiary/aromatic N) is 1. The molecule has 0 N–H and O–H groups in total. The van der Waals surface area contributed by atoms with Crippen molar-refractivity contribution in [1.82, 2.24) is 0 Å². The summed E-state index contributed by atoms with van der Waals surface area (Å²) in [6, 6.07) is 1.87. The highest BCUT2D eigenvalue weighted by Crippen LogP contribution is 2.12. The minimum Gasteiger partial charge on any atom is -0.462 e. The summed E-state index contributed by atoms with van der Waals surface area (Å²) < 4.78 is 4.76. The minimum absolute atomic E-state index is 0.126. The smallest absolute Gasteiger partial charge is 0.348 e. The zero-order chi connectivity index (χ0) is 11.0. The number of carbonyl (C=O) groups excluding carboxylic acids is 1. The Balaban J connectivity index is 4.54. The highest BCUT2D eigenvalue weighted by molar-refractivity contribution is 5.92. The van der Waals surface area contributed by atoms with Crippen molar-refractivity contribution < 1.29 is 9.53 Å². The van der Waals surface area contributed by atoms with Crippen molar-refractivity contribution in [3.8, 4) is 6.07 Å². The van der Waals surface area contributed by atoms with E-state index in [2.05, 4.69) is 0 Å². The molecule has 0 saturated heterocycles. The van der Waals surface area contributed by atoms with Crippen molar-refractivity contribution in [3.63, 3.8) is 0 Å². The van der Waals surface area contributed by atoms with Crippen molar-refractivity contribution >= 4 is 5.97 Å². The lowest BCUT2D eigenvalue weighted by molar-refractivity contribution is -0.138. The molecule has 78 valence electrons. The molecule has 3 nitrogen and oxygen atoms in total. The van der Waals surface area contributed by atoms with Gasteiger partial charge < -0.3 is 4.74 Å². The van der Waals surface area contributed by atoms with Crippen molar-refractivity contribution in [2.75, 3.05) is 6.61 Å². The summed E-state index contributed by atoms with van der Waals surface area (Å²) in [5.74, 6) is -0.226. The monoisotopic (exact) mass is 195 g/mol. The van der Waals surface area contributed by atoms with E-state index >= 15 is 0 Å². The summed E-state index contributed by atoms with van der Waals surface area (Å²) in [6.07, 6.45) is 3.57. The normalized spacial score (nSPS) is 11.2. The molecule has 14 heavy (non-hydrogen) atoms. The summed E-state index contributed by atoms with van der Waals surface area (Å²) in [5.41, 5.74) is 0.126. The fraction of sp³-hybridized carbons (Fsp3) is 0.636. The first-order valence-corrected chi connectivity index (χ1v) is 4.98. The van der Waals surface area contributed by atoms with Crippen LogP contribution in [-0.2, 0) is 9.53 Å². The molecule has 0 aliphatic heterocycles. The Kier molecular flexibility index (Phi) is 6.47. The highest BCUT2D eigenvalue weighted by atomic mass is 16.5. The summed E-state index contributed by atoms with van der Waals surface area (Å²) in [4.78, 5) is 11.2. The largest absolute Gasteiger partial charge is 0.462 e. The molecule has 0 fully saturated rings. The predicted octanol–water partition coefficient (Wildman–Crippen LogP) is 2.44. The Hall–Kier alpha value is -1.30. The topological polar surface area (TPSA) is 50.1 Å². The van der Waals surface area contributed by atoms with Gasteiger partial charge in [0.05, 0.1) is 6.61 Å². The van der Waals surface area contributed by atoms with E-state index in [0.717, 1.165) is 12.8 Å². The van der Waals surface area contributed by atoms with Crippen LogP contribution in [-0.4, -0.2) is 12.6 Å². The highest BCUT2D eigenvalue weighted by Gasteiger charge is 2.11. The molecule has 0 bridgehead atoms. The van der Waals surface area contributed by atoms with Gasteiger partial charge in [-0.2, -0.15) is 5.26 Å². The maximum atomic E-state index is 11.2. The number of esters is 1. The second-order valence-electron chi connectivity index (χ2n) is 2.99. The molecular formula is C11H17NO2. The molecule has 0 aliphatic rings. The van der Waals surface area contributed by atoms with Crippen LogP contribution in [0.25, 0.3) is 0 Å². The van der Waals surface area contributed by atoms with E-state index in [-0.39, 0.29) is 11.5 Å². The zero-order valence-electron chi connectivity index (χ0n) is 9.04. The second kappa shape index (κ2) is 7.14. The van der Waals surface area contributed by atoms with E-state index in [0.29, 0.717) is 6.61 Å². The molecule has 0 aromatic rings. The maximum Gasteiger partial charge on any atom is 0.348 e. The van der Waals surface area contributed by atoms with Gasteiger partial charge in [0.15, 0.2) is 0 Å². The molecule has 0 spiro atoms. The van der Waals surface area contributed by atoms with Gasteiger partial charge in [-0.1, -0.05) is 19.9 Å². The Morgan fingerprint density at radius 2 is 2.00 bits per heavy atom. The molecule has 0 aromatic carbocycles. The Labute approximate surface area is 85.4 Å². The summed E-state index contributed by atoms with van der Waals surface area (Å²) in [6.45, 7) is 6.10. The van der Waals surface area contributed by atoms with Gasteiger partial charge in [0.2, 0.25) is 0 Å². The molecule has 0 radical (unpaired) electrons. The fourth-order valence-electron chi connectivity index (χ4n) is 1.12. The van der Waals surface area contributed by atoms with E-state index in [1.165, 1.54) is 0 Å². The number of rotatable bonds is 5. The van der Waals surface area contributed by atoms with E-state index in [4.69, 9.17) is 10.00 Å². The van der Waals surface area contributed by atoms with Crippen LogP contribution in [0.2, 0.25) is 0 Å². The van der Waals surface area contributed by atoms with Crippen LogP contribution in [0.4, 0.5) is 0 Å². The molecule has 0 aliphatic carbocycles. The van der Waals surface area contributed by atoms with Gasteiger partial charge in [0.1, 0.15) is 11.6 Å². The van der Waals surface area contributed by atoms with E-state index < -0.39 is 5.97 Å². The summed E-state index contributed by atoms with van der Waals surface area (Å²) >= 11 is 0. The molecule has 0 amide bonds. The molecular weight excluding hydrogens is 178 g/mol. The van der Waals surface area contributed by atoms with Crippen molar-refractivity contribution in [1.29, 1.82) is 5.26 Å². The molecule has 0 unspecified atom stereocenters. The van der Waals surface area contributed by atoms with Crippen LogP contribution in [0, 0.1) is 17.2 Å². The van der Waals surface area contributed by atoms with Crippen LogP contribution in [0.3, 0.4) is 0 Å². The van der Waals surface area contributed by atoms with Crippen LogP contribution < -0.4 is 0 Å². The molecule has 0 aromatic heterocycles. The molecule has 3 heteroatoms. The van der Waals surface area contributed by atoms with Crippen LogP contribution in [0.5, 0.6) is 0 Å². The zero-order valence-corrected chi connectivity index (χ0v) is 9.04. The lowest BCUT2D eigenvalue weighted by Gasteiger charge is -2.06. The second-order valence-corrected chi connectivity index (χ2v) is 2.99. The third-order valence-corrected chi connectivity index (χ3v) is 2.07. The fourth-order valence-corrected chi connectivity index (χ4v) is 1.12. The quantitative estimate of drug-likeness (QED) is 0.384. The lowest BCUT2D eigenvalue weighted by atomic mass is 10.0. The Bertz CT molecular complexity index is 247. The summed E-state index contributed by atoms with van der Waals surface area (Å²) in [5, 5.41) is 8.74. The number of allylic oxidation sites excluding steroid dienone is 1. The van der Waals surface area contributed by atoms with Gasteiger partial charge >= 0.3 is 5.97 Å². The van der Waals surface area contributed by atoms with Gasteiger partial charge in [0, 0.05) is 0 Å². The first-order valence-electron chi connectivity index (χ1n) is 4.98. The first kappa shape index (κ1) is 12.7. The van der Waals surface area contributed by atoms with E-state index in [9.17, 15) is 4.79 Å². The number of ether oxygens (including phenoxy) is 1. The number of hydrogen-bond acceptors (Lipinski definition) is 3. The van der Waals surface area contributed by atoms with Crippen molar-refractivity contribution in [3.05, 3.63) is 11.6 Å². The molecule has 0 heterocycles. The SMILES string of the molecule is CCOC(=O)/C(C#N)=C\C(CC)CC. The molecule has 0 atom stereocenters. The van der Waals surface area contributed by atoms with Gasteiger partial charge in [-0.15, -0.1) is 0 Å². The number of carbonyl (C=O) groups is 1. The number of nitriles is 1. The van der Waals surface area contributed by atoms with Gasteiger partial charge in [-0.25, -0.2) is 4.79 Å².